The molecule has 1 atom stereocenters. The van der Waals surface area contributed by atoms with Crippen molar-refractivity contribution in [3.8, 4) is 17.2 Å². The minimum Gasteiger partial charge on any atom is -0.492 e. The average Bonchev–Trinajstić information content (AvgIpc) is 3.55. The molecule has 3 aromatic carbocycles. The van der Waals surface area contributed by atoms with Crippen molar-refractivity contribution in [2.24, 2.45) is 0 Å². The van der Waals surface area contributed by atoms with E-state index in [1.807, 2.05) is 73.6 Å². The van der Waals surface area contributed by atoms with Crippen LogP contribution in [0.15, 0.2) is 72.8 Å². The number of benzene rings is 3. The van der Waals surface area contributed by atoms with Crippen molar-refractivity contribution in [3.05, 3.63) is 95.2 Å². The van der Waals surface area contributed by atoms with Gasteiger partial charge in [0.25, 0.3) is 0 Å². The van der Waals surface area contributed by atoms with E-state index in [0.717, 1.165) is 46.8 Å². The molecule has 7 heteroatoms. The molecule has 2 aliphatic rings. The number of hydrogen-bond donors (Lipinski definition) is 1. The van der Waals surface area contributed by atoms with Gasteiger partial charge in [-0.15, -0.1) is 0 Å². The lowest BCUT2D eigenvalue weighted by Gasteiger charge is -2.35. The molecule has 38 heavy (non-hydrogen) atoms. The lowest BCUT2D eigenvalue weighted by atomic mass is 9.92. The van der Waals surface area contributed by atoms with Gasteiger partial charge in [0, 0.05) is 41.3 Å². The van der Waals surface area contributed by atoms with Crippen molar-refractivity contribution in [1.82, 2.24) is 14.8 Å². The Morgan fingerprint density at radius 3 is 2.79 bits per heavy atom. The molecule has 0 aliphatic carbocycles. The van der Waals surface area contributed by atoms with Gasteiger partial charge in [-0.3, -0.25) is 4.79 Å². The topological polar surface area (TPSA) is 67.0 Å². The second kappa shape index (κ2) is 10.3. The summed E-state index contributed by atoms with van der Waals surface area (Å²) in [5.74, 6) is 2.14. The van der Waals surface area contributed by atoms with Crippen LogP contribution in [-0.4, -0.2) is 61.3 Å². The highest BCUT2D eigenvalue weighted by atomic mass is 16.7. The number of aromatic amines is 1. The number of amides is 1. The maximum absolute atomic E-state index is 13.8. The molecule has 1 unspecified atom stereocenters. The number of para-hydroxylation sites is 2. The van der Waals surface area contributed by atoms with Gasteiger partial charge < -0.3 is 29.0 Å². The van der Waals surface area contributed by atoms with Gasteiger partial charge in [-0.2, -0.15) is 0 Å². The van der Waals surface area contributed by atoms with Gasteiger partial charge in [0.15, 0.2) is 11.5 Å². The molecule has 194 valence electrons. The number of nitrogens with one attached hydrogen (secondary N) is 1. The number of ether oxygens (including phenoxy) is 3. The second-order valence-corrected chi connectivity index (χ2v) is 9.88. The van der Waals surface area contributed by atoms with Crippen LogP contribution in [0.3, 0.4) is 0 Å². The monoisotopic (exact) mass is 509 g/mol. The smallest absolute Gasteiger partial charge is 0.247 e. The molecule has 1 N–H and O–H groups in total. The molecule has 0 radical (unpaired) electrons. The molecule has 0 saturated heterocycles. The summed E-state index contributed by atoms with van der Waals surface area (Å²) in [5, 5.41) is 1.21. The van der Waals surface area contributed by atoms with E-state index in [4.69, 9.17) is 14.2 Å². The number of carbonyl (C=O) groups excluding carboxylic acids is 1. The van der Waals surface area contributed by atoms with E-state index in [2.05, 4.69) is 28.1 Å². The van der Waals surface area contributed by atoms with E-state index >= 15 is 0 Å². The molecule has 6 rings (SSSR count). The Kier molecular flexibility index (Phi) is 6.52. The molecule has 0 bridgehead atoms. The number of aromatic nitrogens is 1. The summed E-state index contributed by atoms with van der Waals surface area (Å²) in [6, 6.07) is 21.8. The molecule has 3 heterocycles. The Bertz CT molecular complexity index is 1510. The third kappa shape index (κ3) is 4.61. The molecule has 4 aromatic rings. The lowest BCUT2D eigenvalue weighted by molar-refractivity contribution is -0.128. The highest BCUT2D eigenvalue weighted by molar-refractivity contribution is 5.94. The van der Waals surface area contributed by atoms with Crippen molar-refractivity contribution in [2.75, 3.05) is 40.6 Å². The molecule has 1 amide bonds. The summed E-state index contributed by atoms with van der Waals surface area (Å²) in [7, 11) is 4.03. The fraction of sp³-hybridized carbons (Fsp3) is 0.258. The van der Waals surface area contributed by atoms with Crippen LogP contribution >= 0.6 is 0 Å². The van der Waals surface area contributed by atoms with E-state index in [9.17, 15) is 4.79 Å². The molecule has 2 aliphatic heterocycles. The van der Waals surface area contributed by atoms with Gasteiger partial charge in [0.05, 0.1) is 6.04 Å². The Morgan fingerprint density at radius 2 is 1.89 bits per heavy atom. The standard InChI is InChI=1S/C31H31N3O4/c1-33(2)17-18-36-26-10-6-3-7-21(26)12-14-29(35)34-16-15-24-23-8-4-5-9-25(23)32-30(24)31(34)22-11-13-27-28(19-22)38-20-37-27/h3-14,19,31-32H,15-18,20H2,1-2H3. The van der Waals surface area contributed by atoms with Crippen LogP contribution in [0.2, 0.25) is 0 Å². The molecule has 1 aromatic heterocycles. The van der Waals surface area contributed by atoms with Crippen molar-refractivity contribution in [2.45, 2.75) is 12.5 Å². The number of H-pyrrole nitrogens is 1. The first-order chi connectivity index (χ1) is 18.6. The molecular formula is C31H31N3O4. The van der Waals surface area contributed by atoms with Crippen LogP contribution in [0.5, 0.6) is 17.2 Å². The number of carbonyl (C=O) groups is 1. The van der Waals surface area contributed by atoms with E-state index in [-0.39, 0.29) is 18.7 Å². The predicted molar refractivity (Wildman–Crippen MR) is 148 cm³/mol. The fourth-order valence-corrected chi connectivity index (χ4v) is 5.25. The first-order valence-corrected chi connectivity index (χ1v) is 12.9. The van der Waals surface area contributed by atoms with E-state index in [1.54, 1.807) is 6.08 Å². The Hall–Kier alpha value is -4.23. The van der Waals surface area contributed by atoms with Gasteiger partial charge in [-0.25, -0.2) is 0 Å². The summed E-state index contributed by atoms with van der Waals surface area (Å²) in [6.07, 6.45) is 4.29. The summed E-state index contributed by atoms with van der Waals surface area (Å²) in [5.41, 5.74) is 5.25. The van der Waals surface area contributed by atoms with E-state index in [0.29, 0.717) is 18.9 Å². The van der Waals surface area contributed by atoms with Crippen LogP contribution in [0.1, 0.15) is 28.4 Å². The third-order valence-electron chi connectivity index (χ3n) is 7.15. The zero-order chi connectivity index (χ0) is 26.1. The second-order valence-electron chi connectivity index (χ2n) is 9.88. The maximum Gasteiger partial charge on any atom is 0.247 e. The highest BCUT2D eigenvalue weighted by Crippen LogP contribution is 2.42. The number of nitrogens with zero attached hydrogens (tertiary/aromatic N) is 2. The Balaban J connectivity index is 1.33. The van der Waals surface area contributed by atoms with Crippen molar-refractivity contribution in [1.29, 1.82) is 0 Å². The minimum absolute atomic E-state index is 0.0555. The summed E-state index contributed by atoms with van der Waals surface area (Å²) in [6.45, 7) is 2.21. The first kappa shape index (κ1) is 24.1. The molecule has 0 spiro atoms. The van der Waals surface area contributed by atoms with E-state index in [1.165, 1.54) is 10.9 Å². The minimum atomic E-state index is -0.274. The maximum atomic E-state index is 13.8. The third-order valence-corrected chi connectivity index (χ3v) is 7.15. The molecule has 0 saturated carbocycles. The quantitative estimate of drug-likeness (QED) is 0.354. The first-order valence-electron chi connectivity index (χ1n) is 12.9. The Morgan fingerprint density at radius 1 is 1.08 bits per heavy atom. The lowest BCUT2D eigenvalue weighted by Crippen LogP contribution is -2.39. The number of rotatable bonds is 7. The number of likely N-dealkylation sites (N-methyl/N-ethyl adjacent to an activating group) is 1. The zero-order valence-electron chi connectivity index (χ0n) is 21.6. The van der Waals surface area contributed by atoms with Crippen molar-refractivity contribution in [3.63, 3.8) is 0 Å². The molecule has 7 nitrogen and oxygen atoms in total. The van der Waals surface area contributed by atoms with Gasteiger partial charge in [0.1, 0.15) is 12.4 Å². The van der Waals surface area contributed by atoms with Gasteiger partial charge in [0.2, 0.25) is 12.7 Å². The van der Waals surface area contributed by atoms with Gasteiger partial charge >= 0.3 is 0 Å². The predicted octanol–water partition coefficient (Wildman–Crippen LogP) is 5.02. The van der Waals surface area contributed by atoms with Gasteiger partial charge in [-0.1, -0.05) is 42.5 Å². The molecular weight excluding hydrogens is 478 g/mol. The average molecular weight is 510 g/mol. The normalized spacial score (nSPS) is 16.4. The van der Waals surface area contributed by atoms with E-state index < -0.39 is 0 Å². The van der Waals surface area contributed by atoms with Crippen LogP contribution < -0.4 is 14.2 Å². The largest absolute Gasteiger partial charge is 0.492 e. The van der Waals surface area contributed by atoms with Crippen LogP contribution in [0.4, 0.5) is 0 Å². The van der Waals surface area contributed by atoms with Crippen LogP contribution in [0.25, 0.3) is 17.0 Å². The SMILES string of the molecule is CN(C)CCOc1ccccc1C=CC(=O)N1CCc2c([nH]c3ccccc23)C1c1ccc2c(c1)OCO2. The summed E-state index contributed by atoms with van der Waals surface area (Å²) in [4.78, 5) is 21.4. The molecule has 0 fully saturated rings. The number of fused-ring (bicyclic) bond motifs is 4. The zero-order valence-corrected chi connectivity index (χ0v) is 21.6. The summed E-state index contributed by atoms with van der Waals surface area (Å²) >= 11 is 0. The summed E-state index contributed by atoms with van der Waals surface area (Å²) < 4.78 is 17.2. The van der Waals surface area contributed by atoms with Gasteiger partial charge in [-0.05, 0) is 62.0 Å². The Labute approximate surface area is 222 Å². The number of hydrogen-bond acceptors (Lipinski definition) is 5. The fourth-order valence-electron chi connectivity index (χ4n) is 5.25. The van der Waals surface area contributed by atoms with Crippen LogP contribution in [-0.2, 0) is 11.2 Å². The highest BCUT2D eigenvalue weighted by Gasteiger charge is 2.34. The van der Waals surface area contributed by atoms with Crippen molar-refractivity contribution < 1.29 is 19.0 Å². The van der Waals surface area contributed by atoms with Crippen molar-refractivity contribution >= 4 is 22.9 Å². The van der Waals surface area contributed by atoms with Crippen LogP contribution in [0, 0.1) is 0 Å².